The largest absolute Gasteiger partial charge is 0.516 e. The monoisotopic (exact) mass is 859 g/mol. The normalized spacial score (nSPS) is 22.7. The number of carbonyl (C=O) groups excluding carboxylic acids is 4. The summed E-state index contributed by atoms with van der Waals surface area (Å²) in [6, 6.07) is 13.9. The Bertz CT molecular complexity index is 2200. The van der Waals surface area contributed by atoms with Crippen LogP contribution in [0.1, 0.15) is 85.5 Å². The van der Waals surface area contributed by atoms with Gasteiger partial charge in [-0.1, -0.05) is 75.8 Å². The van der Waals surface area contributed by atoms with Gasteiger partial charge in [0.2, 0.25) is 11.8 Å². The second kappa shape index (κ2) is 17.5. The molecule has 3 fully saturated rings. The highest BCUT2D eigenvalue weighted by atomic mass is 32.2. The standard InChI is InChI=1S/C42H52F3N5O9S/c1-6-27-23-41(27,38(53)49-60(55,56)42(43,44)45)48-36(51)34-21-29(24-50(34)37(52)33(19-25-13-9-7-10-14-25)47-39(54)59-40(2,3)4)58-35-22-31(26-15-11-8-12-16-26)46-32-20-28(57-5)17-18-30(32)35/h8,11-12,15-18,20,22,25,27,29,33-34H,6-7,9-10,13-14,19,21,23-24H2,1-5H3,(H,47,54)(H,48,51)(H,49,53). The van der Waals surface area contributed by atoms with Crippen LogP contribution in [0.25, 0.3) is 22.2 Å². The lowest BCUT2D eigenvalue weighted by molar-refractivity contribution is -0.141. The van der Waals surface area contributed by atoms with Gasteiger partial charge in [0.15, 0.2) is 0 Å². The summed E-state index contributed by atoms with van der Waals surface area (Å²) < 4.78 is 82.7. The lowest BCUT2D eigenvalue weighted by Crippen LogP contribution is -2.59. The fourth-order valence-electron chi connectivity index (χ4n) is 8.22. The quantitative estimate of drug-likeness (QED) is 0.175. The van der Waals surface area contributed by atoms with E-state index in [-0.39, 0.29) is 38.1 Å². The topological polar surface area (TPSA) is 182 Å². The van der Waals surface area contributed by atoms with Crippen molar-refractivity contribution in [2.75, 3.05) is 13.7 Å². The number of hydrogen-bond acceptors (Lipinski definition) is 10. The Kier molecular flexibility index (Phi) is 12.9. The smallest absolute Gasteiger partial charge is 0.497 e. The first-order valence-corrected chi connectivity index (χ1v) is 21.7. The van der Waals surface area contributed by atoms with Crippen molar-refractivity contribution in [2.24, 2.45) is 11.8 Å². The summed E-state index contributed by atoms with van der Waals surface area (Å²) in [6.45, 7) is 6.54. The highest BCUT2D eigenvalue weighted by Crippen LogP contribution is 2.47. The van der Waals surface area contributed by atoms with Crippen LogP contribution in [0, 0.1) is 11.8 Å². The maximum atomic E-state index is 14.8. The van der Waals surface area contributed by atoms with Crippen LogP contribution in [0.4, 0.5) is 18.0 Å². The molecule has 0 spiro atoms. The van der Waals surface area contributed by atoms with E-state index in [2.05, 4.69) is 10.6 Å². The molecule has 18 heteroatoms. The molecule has 60 heavy (non-hydrogen) atoms. The lowest BCUT2D eigenvalue weighted by atomic mass is 9.84. The molecule has 326 valence electrons. The molecule has 1 aliphatic heterocycles. The third-order valence-electron chi connectivity index (χ3n) is 11.4. The number of ether oxygens (including phenoxy) is 3. The second-order valence-electron chi connectivity index (χ2n) is 16.8. The molecular formula is C42H52F3N5O9S. The molecule has 3 aliphatic rings. The van der Waals surface area contributed by atoms with Gasteiger partial charge in [-0.3, -0.25) is 14.4 Å². The summed E-state index contributed by atoms with van der Waals surface area (Å²) in [4.78, 5) is 61.9. The molecule has 1 saturated heterocycles. The zero-order valence-corrected chi connectivity index (χ0v) is 35.1. The van der Waals surface area contributed by atoms with Crippen LogP contribution < -0.4 is 24.8 Å². The molecule has 2 heterocycles. The summed E-state index contributed by atoms with van der Waals surface area (Å²) in [5, 5.41) is 5.89. The first-order chi connectivity index (χ1) is 28.2. The van der Waals surface area contributed by atoms with Crippen molar-refractivity contribution in [3.8, 4) is 22.8 Å². The van der Waals surface area contributed by atoms with E-state index in [1.165, 1.54) is 12.0 Å². The molecule has 2 saturated carbocycles. The van der Waals surface area contributed by atoms with Crippen LogP contribution in [0.5, 0.6) is 11.5 Å². The number of sulfonamides is 1. The Labute approximate surface area is 347 Å². The number of halogens is 3. The highest BCUT2D eigenvalue weighted by molar-refractivity contribution is 7.90. The third-order valence-corrected chi connectivity index (χ3v) is 12.4. The predicted octanol–water partition coefficient (Wildman–Crippen LogP) is 6.37. The van der Waals surface area contributed by atoms with Crippen LogP contribution in [0.15, 0.2) is 54.6 Å². The van der Waals surface area contributed by atoms with E-state index in [0.717, 1.165) is 42.4 Å². The van der Waals surface area contributed by atoms with E-state index in [9.17, 15) is 40.8 Å². The minimum atomic E-state index is -6.09. The Morgan fingerprint density at radius 3 is 2.32 bits per heavy atom. The van der Waals surface area contributed by atoms with Gasteiger partial charge in [0, 0.05) is 29.5 Å². The number of pyridine rings is 1. The van der Waals surface area contributed by atoms with E-state index in [0.29, 0.717) is 28.1 Å². The molecule has 3 N–H and O–H groups in total. The van der Waals surface area contributed by atoms with Crippen LogP contribution in [0.3, 0.4) is 0 Å². The van der Waals surface area contributed by atoms with Crippen LogP contribution in [0.2, 0.25) is 0 Å². The number of likely N-dealkylation sites (tertiary alicyclic amines) is 1. The third kappa shape index (κ3) is 10.1. The second-order valence-corrected chi connectivity index (χ2v) is 18.5. The van der Waals surface area contributed by atoms with E-state index >= 15 is 0 Å². The summed E-state index contributed by atoms with van der Waals surface area (Å²) in [5.41, 5.74) is -6.75. The van der Waals surface area contributed by atoms with Gasteiger partial charge in [-0.15, -0.1) is 0 Å². The summed E-state index contributed by atoms with van der Waals surface area (Å²) in [5.74, 6) is -2.72. The minimum Gasteiger partial charge on any atom is -0.497 e. The van der Waals surface area contributed by atoms with E-state index < -0.39 is 74.6 Å². The van der Waals surface area contributed by atoms with Gasteiger partial charge in [-0.25, -0.2) is 14.5 Å². The Morgan fingerprint density at radius 1 is 1.00 bits per heavy atom. The first kappa shape index (κ1) is 44.4. The number of fused-ring (bicyclic) bond motifs is 1. The molecule has 6 rings (SSSR count). The molecule has 0 radical (unpaired) electrons. The van der Waals surface area contributed by atoms with Crippen molar-refractivity contribution in [1.82, 2.24) is 25.2 Å². The summed E-state index contributed by atoms with van der Waals surface area (Å²) >= 11 is 0. The number of nitrogens with one attached hydrogen (secondary N) is 3. The number of alkyl carbamates (subject to hydrolysis) is 1. The number of methoxy groups -OCH3 is 1. The van der Waals surface area contributed by atoms with Gasteiger partial charge in [0.25, 0.3) is 5.91 Å². The minimum absolute atomic E-state index is 0.0838. The molecule has 14 nitrogen and oxygen atoms in total. The van der Waals surface area contributed by atoms with Crippen molar-refractivity contribution in [1.29, 1.82) is 0 Å². The molecule has 4 amide bonds. The predicted molar refractivity (Wildman–Crippen MR) is 215 cm³/mol. The van der Waals surface area contributed by atoms with Crippen molar-refractivity contribution in [3.63, 3.8) is 0 Å². The summed E-state index contributed by atoms with van der Waals surface area (Å²) in [7, 11) is -4.56. The fourth-order valence-corrected chi connectivity index (χ4v) is 8.77. The van der Waals surface area contributed by atoms with E-state index in [4.69, 9.17) is 19.2 Å². The number of hydrogen-bond donors (Lipinski definition) is 3. The van der Waals surface area contributed by atoms with E-state index in [1.807, 2.05) is 30.3 Å². The average Bonchev–Trinajstić information content (AvgIpc) is 3.75. The molecule has 3 aromatic rings. The number of benzene rings is 2. The fraction of sp³-hybridized carbons (Fsp3) is 0.548. The van der Waals surface area contributed by atoms with Crippen molar-refractivity contribution in [3.05, 3.63) is 54.6 Å². The van der Waals surface area contributed by atoms with Gasteiger partial charge < -0.3 is 29.7 Å². The van der Waals surface area contributed by atoms with Crippen molar-refractivity contribution >= 4 is 44.7 Å². The molecule has 2 aliphatic carbocycles. The summed E-state index contributed by atoms with van der Waals surface area (Å²) in [6.07, 6.45) is 3.14. The lowest BCUT2D eigenvalue weighted by Gasteiger charge is -2.32. The van der Waals surface area contributed by atoms with Crippen LogP contribution in [-0.4, -0.2) is 90.6 Å². The molecule has 0 bridgehead atoms. The molecular weight excluding hydrogens is 808 g/mol. The van der Waals surface area contributed by atoms with Crippen LogP contribution >= 0.6 is 0 Å². The van der Waals surface area contributed by atoms with Gasteiger partial charge in [-0.05, 0) is 57.6 Å². The number of aromatic nitrogens is 1. The Balaban J connectivity index is 1.36. The van der Waals surface area contributed by atoms with Gasteiger partial charge in [0.05, 0.1) is 24.9 Å². The number of nitrogens with zero attached hydrogens (tertiary/aromatic N) is 2. The number of alkyl halides is 3. The molecule has 5 atom stereocenters. The van der Waals surface area contributed by atoms with Crippen LogP contribution in [-0.2, 0) is 29.1 Å². The van der Waals surface area contributed by atoms with Crippen molar-refractivity contribution in [2.45, 2.75) is 120 Å². The average molecular weight is 860 g/mol. The maximum absolute atomic E-state index is 14.8. The molecule has 5 unspecified atom stereocenters. The SMILES string of the molecule is CCC1CC1(NC(=O)C1CC(Oc2cc(-c3ccccc3)nc3cc(OC)ccc23)CN1C(=O)C(CC1CCCCC1)NC(=O)OC(C)(C)C)C(=O)NS(=O)(=O)C(F)(F)F. The first-order valence-electron chi connectivity index (χ1n) is 20.2. The van der Waals surface area contributed by atoms with E-state index in [1.54, 1.807) is 52.0 Å². The van der Waals surface area contributed by atoms with Gasteiger partial charge in [-0.2, -0.15) is 21.6 Å². The number of amides is 4. The molecule has 1 aromatic heterocycles. The van der Waals surface area contributed by atoms with Gasteiger partial charge >= 0.3 is 21.6 Å². The zero-order valence-electron chi connectivity index (χ0n) is 34.3. The molecule has 2 aromatic carbocycles. The number of carbonyl (C=O) groups is 4. The highest BCUT2D eigenvalue weighted by Gasteiger charge is 2.63. The van der Waals surface area contributed by atoms with Crippen molar-refractivity contribution < 1.29 is 55.0 Å². The number of rotatable bonds is 13. The van der Waals surface area contributed by atoms with Gasteiger partial charge in [0.1, 0.15) is 40.8 Å². The Hall–Kier alpha value is -5.13. The maximum Gasteiger partial charge on any atom is 0.516 e. The Morgan fingerprint density at radius 2 is 1.70 bits per heavy atom. The zero-order chi connectivity index (χ0) is 43.6.